The molecule has 0 radical (unpaired) electrons. The van der Waals surface area contributed by atoms with Gasteiger partial charge in [-0.15, -0.1) is 0 Å². The molecular formula is C33H44N4O2. The summed E-state index contributed by atoms with van der Waals surface area (Å²) in [4.78, 5) is 25.5. The predicted octanol–water partition coefficient (Wildman–Crippen LogP) is 5.70. The molecule has 0 bridgehead atoms. The number of aliphatic carboxylic acids is 1. The molecule has 2 saturated heterocycles. The Bertz CT molecular complexity index is 1240. The van der Waals surface area contributed by atoms with E-state index in [4.69, 9.17) is 0 Å². The number of aromatic nitrogens is 2. The maximum absolute atomic E-state index is 12.3. The van der Waals surface area contributed by atoms with E-state index in [0.717, 1.165) is 57.8 Å². The van der Waals surface area contributed by atoms with Gasteiger partial charge >= 0.3 is 5.97 Å². The zero-order valence-electron chi connectivity index (χ0n) is 23.9. The molecule has 2 aliphatic heterocycles. The first kappa shape index (κ1) is 27.6. The van der Waals surface area contributed by atoms with Crippen LogP contribution in [-0.2, 0) is 11.2 Å². The van der Waals surface area contributed by atoms with Crippen molar-refractivity contribution in [1.29, 1.82) is 0 Å². The zero-order valence-corrected chi connectivity index (χ0v) is 23.9. The van der Waals surface area contributed by atoms with E-state index in [0.29, 0.717) is 17.8 Å². The summed E-state index contributed by atoms with van der Waals surface area (Å²) in [5.41, 5.74) is 4.83. The van der Waals surface area contributed by atoms with E-state index < -0.39 is 12.0 Å². The van der Waals surface area contributed by atoms with Gasteiger partial charge in [0, 0.05) is 49.8 Å². The monoisotopic (exact) mass is 528 g/mol. The number of carbonyl (C=O) groups is 1. The lowest BCUT2D eigenvalue weighted by Gasteiger charge is -2.35. The topological polar surface area (TPSA) is 72.5 Å². The van der Waals surface area contributed by atoms with Crippen molar-refractivity contribution in [3.8, 4) is 0 Å². The summed E-state index contributed by atoms with van der Waals surface area (Å²) >= 11 is 0. The number of rotatable bonds is 8. The molecule has 3 atom stereocenters. The Hall–Kier alpha value is -2.96. The molecule has 0 saturated carbocycles. The summed E-state index contributed by atoms with van der Waals surface area (Å²) in [6.07, 6.45) is 5.13. The molecule has 5 rings (SSSR count). The summed E-state index contributed by atoms with van der Waals surface area (Å²) in [6.45, 7) is 13.1. The summed E-state index contributed by atoms with van der Waals surface area (Å²) in [7, 11) is 0. The second kappa shape index (κ2) is 11.6. The van der Waals surface area contributed by atoms with Crippen LogP contribution in [0.25, 0.3) is 0 Å². The van der Waals surface area contributed by atoms with Crippen molar-refractivity contribution in [1.82, 2.24) is 19.8 Å². The Morgan fingerprint density at radius 2 is 1.82 bits per heavy atom. The minimum Gasteiger partial charge on any atom is -0.480 e. The van der Waals surface area contributed by atoms with Crippen LogP contribution >= 0.6 is 0 Å². The molecule has 3 aromatic rings. The molecule has 6 heteroatoms. The van der Waals surface area contributed by atoms with Crippen molar-refractivity contribution >= 4 is 5.97 Å². The van der Waals surface area contributed by atoms with Crippen LogP contribution in [-0.4, -0.2) is 69.6 Å². The fourth-order valence-electron chi connectivity index (χ4n) is 6.88. The summed E-state index contributed by atoms with van der Waals surface area (Å²) in [6, 6.07) is 18.8. The smallest absolute Gasteiger partial charge is 0.321 e. The molecule has 1 aromatic heterocycles. The van der Waals surface area contributed by atoms with Gasteiger partial charge < -0.3 is 15.0 Å². The lowest BCUT2D eigenvalue weighted by molar-refractivity contribution is -0.147. The number of carboxylic acids is 1. The van der Waals surface area contributed by atoms with Gasteiger partial charge in [-0.1, -0.05) is 80.9 Å². The molecule has 3 heterocycles. The van der Waals surface area contributed by atoms with Gasteiger partial charge in [0.25, 0.3) is 0 Å². The average Bonchev–Trinajstić information content (AvgIpc) is 3.51. The highest BCUT2D eigenvalue weighted by molar-refractivity contribution is 5.74. The molecule has 2 aliphatic rings. The summed E-state index contributed by atoms with van der Waals surface area (Å²) < 4.78 is 0. The Morgan fingerprint density at radius 1 is 1.08 bits per heavy atom. The summed E-state index contributed by atoms with van der Waals surface area (Å²) in [5, 5.41) is 10.1. The average molecular weight is 529 g/mol. The highest BCUT2D eigenvalue weighted by Crippen LogP contribution is 2.39. The first-order valence-corrected chi connectivity index (χ1v) is 14.5. The number of likely N-dealkylation sites (tertiary alicyclic amines) is 2. The lowest BCUT2D eigenvalue weighted by atomic mass is 9.85. The molecular weight excluding hydrogens is 484 g/mol. The van der Waals surface area contributed by atoms with Gasteiger partial charge in [0.05, 0.1) is 0 Å². The van der Waals surface area contributed by atoms with E-state index in [1.54, 1.807) is 0 Å². The second-order valence-corrected chi connectivity index (χ2v) is 12.9. The number of aryl methyl sites for hydroxylation is 1. The number of nitrogens with zero attached hydrogens (tertiary/aromatic N) is 3. The molecule has 2 aromatic carbocycles. The Labute approximate surface area is 233 Å². The van der Waals surface area contributed by atoms with Crippen LogP contribution in [0.4, 0.5) is 0 Å². The molecule has 39 heavy (non-hydrogen) atoms. The number of imidazole rings is 1. The van der Waals surface area contributed by atoms with Crippen molar-refractivity contribution < 1.29 is 9.90 Å². The van der Waals surface area contributed by atoms with Gasteiger partial charge in [0.2, 0.25) is 0 Å². The van der Waals surface area contributed by atoms with Gasteiger partial charge in [0.15, 0.2) is 0 Å². The van der Waals surface area contributed by atoms with Crippen LogP contribution in [0.5, 0.6) is 0 Å². The zero-order chi connectivity index (χ0) is 27.6. The van der Waals surface area contributed by atoms with E-state index in [2.05, 4.69) is 75.2 Å². The number of hydrogen-bond donors (Lipinski definition) is 2. The van der Waals surface area contributed by atoms with Gasteiger partial charge in [-0.25, -0.2) is 4.98 Å². The Morgan fingerprint density at radius 3 is 2.49 bits per heavy atom. The first-order chi connectivity index (χ1) is 18.7. The van der Waals surface area contributed by atoms with Crippen LogP contribution in [0, 0.1) is 18.3 Å². The van der Waals surface area contributed by atoms with Crippen LogP contribution in [0.1, 0.15) is 73.7 Å². The van der Waals surface area contributed by atoms with Gasteiger partial charge in [-0.3, -0.25) is 9.69 Å². The SMILES string of the molecule is Cc1cccc(C2CN(C(C(=O)O)C(C)(C)C)CC2CN2CCC(c3cnc(Cc4ccccc4)[nH]3)CC2)c1. The maximum Gasteiger partial charge on any atom is 0.321 e. The van der Waals surface area contributed by atoms with Crippen molar-refractivity contribution in [2.45, 2.75) is 64.8 Å². The van der Waals surface area contributed by atoms with Crippen molar-refractivity contribution in [3.05, 3.63) is 89.0 Å². The van der Waals surface area contributed by atoms with Gasteiger partial charge in [-0.2, -0.15) is 0 Å². The number of H-pyrrole nitrogens is 1. The minimum absolute atomic E-state index is 0.320. The van der Waals surface area contributed by atoms with Crippen molar-refractivity contribution in [3.63, 3.8) is 0 Å². The second-order valence-electron chi connectivity index (χ2n) is 12.9. The largest absolute Gasteiger partial charge is 0.480 e. The minimum atomic E-state index is -0.710. The van der Waals surface area contributed by atoms with E-state index in [1.165, 1.54) is 22.4 Å². The molecule has 0 aliphatic carbocycles. The summed E-state index contributed by atoms with van der Waals surface area (Å²) in [5.74, 6) is 1.61. The lowest BCUT2D eigenvalue weighted by Crippen LogP contribution is -2.48. The first-order valence-electron chi connectivity index (χ1n) is 14.5. The van der Waals surface area contributed by atoms with Crippen LogP contribution in [0.15, 0.2) is 60.8 Å². The van der Waals surface area contributed by atoms with Gasteiger partial charge in [-0.05, 0) is 55.3 Å². The quantitative estimate of drug-likeness (QED) is 0.392. The number of benzene rings is 2. The molecule has 3 unspecified atom stereocenters. The van der Waals surface area contributed by atoms with E-state index in [1.807, 2.05) is 33.0 Å². The molecule has 0 amide bonds. The normalized spacial score (nSPS) is 22.3. The number of aromatic amines is 1. The van der Waals surface area contributed by atoms with Crippen LogP contribution < -0.4 is 0 Å². The third-order valence-electron chi connectivity index (χ3n) is 8.74. The highest BCUT2D eigenvalue weighted by Gasteiger charge is 2.44. The maximum atomic E-state index is 12.3. The number of nitrogens with one attached hydrogen (secondary N) is 1. The third-order valence-corrected chi connectivity index (χ3v) is 8.74. The molecule has 2 N–H and O–H groups in total. The number of piperidine rings is 1. The predicted molar refractivity (Wildman–Crippen MR) is 156 cm³/mol. The van der Waals surface area contributed by atoms with E-state index in [-0.39, 0.29) is 5.41 Å². The Kier molecular flexibility index (Phi) is 8.24. The number of hydrogen-bond acceptors (Lipinski definition) is 4. The molecule has 208 valence electrons. The standard InChI is InChI=1S/C33H44N4O2/c1-23-9-8-12-26(17-23)28-22-37(31(32(38)39)33(2,3)4)21-27(28)20-36-15-13-25(14-16-36)29-19-34-30(35-29)18-24-10-6-5-7-11-24/h5-12,17,19,25,27-28,31H,13-16,18,20-22H2,1-4H3,(H,34,35)(H,38,39). The van der Waals surface area contributed by atoms with Gasteiger partial charge in [0.1, 0.15) is 11.9 Å². The van der Waals surface area contributed by atoms with E-state index in [9.17, 15) is 9.90 Å². The number of carboxylic acid groups (broad SMARTS) is 1. The van der Waals surface area contributed by atoms with Crippen molar-refractivity contribution in [2.75, 3.05) is 32.7 Å². The third kappa shape index (κ3) is 6.62. The van der Waals surface area contributed by atoms with Crippen molar-refractivity contribution in [2.24, 2.45) is 11.3 Å². The molecule has 0 spiro atoms. The Balaban J connectivity index is 1.24. The van der Waals surface area contributed by atoms with Crippen LogP contribution in [0.2, 0.25) is 0 Å². The fourth-order valence-corrected chi connectivity index (χ4v) is 6.88. The molecule has 6 nitrogen and oxygen atoms in total. The van der Waals surface area contributed by atoms with Crippen LogP contribution in [0.3, 0.4) is 0 Å². The fraction of sp³-hybridized carbons (Fsp3) is 0.515. The molecule has 2 fully saturated rings. The highest BCUT2D eigenvalue weighted by atomic mass is 16.4. The van der Waals surface area contributed by atoms with E-state index >= 15 is 0 Å².